The molecule has 1 N–H and O–H groups in total. The van der Waals surface area contributed by atoms with Crippen LogP contribution in [0.2, 0.25) is 0 Å². The van der Waals surface area contributed by atoms with E-state index in [0.717, 1.165) is 18.5 Å². The number of hydrogen-bond donors (Lipinski definition) is 1. The molecule has 25 heavy (non-hydrogen) atoms. The van der Waals surface area contributed by atoms with Crippen LogP contribution in [0, 0.1) is 5.92 Å². The summed E-state index contributed by atoms with van der Waals surface area (Å²) in [6.45, 7) is 4.72. The molecule has 2 aromatic rings. The van der Waals surface area contributed by atoms with Crippen LogP contribution in [-0.4, -0.2) is 24.4 Å². The van der Waals surface area contributed by atoms with Crippen molar-refractivity contribution in [1.82, 2.24) is 5.32 Å². The maximum Gasteiger partial charge on any atom is 0.251 e. The Morgan fingerprint density at radius 1 is 1.08 bits per heavy atom. The average molecular weight is 336 g/mol. The predicted octanol–water partition coefficient (Wildman–Crippen LogP) is 3.42. The van der Waals surface area contributed by atoms with Gasteiger partial charge in [0.05, 0.1) is 0 Å². The van der Waals surface area contributed by atoms with Crippen LogP contribution >= 0.6 is 0 Å². The molecule has 0 saturated heterocycles. The number of amides is 2. The zero-order valence-electron chi connectivity index (χ0n) is 14.7. The lowest BCUT2D eigenvalue weighted by atomic mass is 9.97. The zero-order chi connectivity index (χ0) is 17.8. The molecule has 2 aromatic carbocycles. The summed E-state index contributed by atoms with van der Waals surface area (Å²) in [7, 11) is 0. The lowest BCUT2D eigenvalue weighted by Gasteiger charge is -2.28. The molecule has 0 fully saturated rings. The van der Waals surface area contributed by atoms with Gasteiger partial charge in [0.2, 0.25) is 5.91 Å². The van der Waals surface area contributed by atoms with E-state index in [1.807, 2.05) is 55.1 Å². The van der Waals surface area contributed by atoms with E-state index in [1.165, 1.54) is 5.56 Å². The number of nitrogens with one attached hydrogen (secondary N) is 1. The molecule has 2 atom stereocenters. The Kier molecular flexibility index (Phi) is 5.17. The third kappa shape index (κ3) is 3.58. The summed E-state index contributed by atoms with van der Waals surface area (Å²) in [4.78, 5) is 27.6. The Morgan fingerprint density at radius 3 is 2.48 bits per heavy atom. The van der Waals surface area contributed by atoms with Gasteiger partial charge in [0.1, 0.15) is 6.04 Å². The van der Waals surface area contributed by atoms with E-state index < -0.39 is 6.04 Å². The van der Waals surface area contributed by atoms with Gasteiger partial charge in [-0.25, -0.2) is 0 Å². The van der Waals surface area contributed by atoms with E-state index in [9.17, 15) is 9.59 Å². The fourth-order valence-electron chi connectivity index (χ4n) is 3.23. The minimum atomic E-state index is -0.524. The van der Waals surface area contributed by atoms with Crippen LogP contribution in [0.15, 0.2) is 54.6 Å². The van der Waals surface area contributed by atoms with Gasteiger partial charge in [0, 0.05) is 17.8 Å². The van der Waals surface area contributed by atoms with Crippen molar-refractivity contribution in [1.29, 1.82) is 0 Å². The third-order valence-electron chi connectivity index (χ3n) is 4.95. The minimum Gasteiger partial charge on any atom is -0.340 e. The van der Waals surface area contributed by atoms with E-state index in [-0.39, 0.29) is 17.7 Å². The fraction of sp³-hybridized carbons (Fsp3) is 0.333. The summed E-state index contributed by atoms with van der Waals surface area (Å²) < 4.78 is 0. The van der Waals surface area contributed by atoms with E-state index in [2.05, 4.69) is 11.4 Å². The first-order chi connectivity index (χ1) is 12.1. The van der Waals surface area contributed by atoms with E-state index >= 15 is 0 Å². The fourth-order valence-corrected chi connectivity index (χ4v) is 3.23. The van der Waals surface area contributed by atoms with Gasteiger partial charge in [-0.05, 0) is 36.1 Å². The van der Waals surface area contributed by atoms with Crippen LogP contribution in [0.25, 0.3) is 0 Å². The number of carbonyl (C=O) groups is 2. The zero-order valence-corrected chi connectivity index (χ0v) is 14.7. The molecule has 0 bridgehead atoms. The average Bonchev–Trinajstić information content (AvgIpc) is 3.09. The van der Waals surface area contributed by atoms with Crippen molar-refractivity contribution >= 4 is 17.5 Å². The van der Waals surface area contributed by atoms with Gasteiger partial charge in [0.25, 0.3) is 5.91 Å². The lowest BCUT2D eigenvalue weighted by Crippen LogP contribution is -2.51. The predicted molar refractivity (Wildman–Crippen MR) is 99.7 cm³/mol. The molecule has 3 rings (SSSR count). The molecule has 1 aliphatic rings. The van der Waals surface area contributed by atoms with Crippen LogP contribution in [0.3, 0.4) is 0 Å². The summed E-state index contributed by atoms with van der Waals surface area (Å²) in [6.07, 6.45) is 1.68. The normalized spacial score (nSPS) is 15.4. The number of hydrogen-bond acceptors (Lipinski definition) is 2. The summed E-state index contributed by atoms with van der Waals surface area (Å²) in [5, 5.41) is 2.96. The standard InChI is InChI=1S/C21H24N2O2/c1-3-15(2)19(22-20(24)17-10-5-4-6-11-17)21(25)23-14-13-16-9-7-8-12-18(16)23/h4-12,15,19H,3,13-14H2,1-2H3,(H,22,24)/t15-,19+/m0/s1. The summed E-state index contributed by atoms with van der Waals surface area (Å²) in [6, 6.07) is 16.5. The Hall–Kier alpha value is -2.62. The number of fused-ring (bicyclic) bond motifs is 1. The van der Waals surface area contributed by atoms with Gasteiger partial charge in [-0.3, -0.25) is 9.59 Å². The second-order valence-electron chi connectivity index (χ2n) is 6.57. The number of para-hydroxylation sites is 1. The number of benzene rings is 2. The molecule has 0 aliphatic carbocycles. The van der Waals surface area contributed by atoms with E-state index in [1.54, 1.807) is 12.1 Å². The highest BCUT2D eigenvalue weighted by Gasteiger charge is 2.33. The van der Waals surface area contributed by atoms with Gasteiger partial charge < -0.3 is 10.2 Å². The summed E-state index contributed by atoms with van der Waals surface area (Å²) in [5.74, 6) is -0.164. The minimum absolute atomic E-state index is 0.0245. The highest BCUT2D eigenvalue weighted by Crippen LogP contribution is 2.29. The number of anilines is 1. The summed E-state index contributed by atoms with van der Waals surface area (Å²) in [5.41, 5.74) is 2.73. The number of nitrogens with zero attached hydrogens (tertiary/aromatic N) is 1. The highest BCUT2D eigenvalue weighted by atomic mass is 16.2. The molecular formula is C21H24N2O2. The van der Waals surface area contributed by atoms with Gasteiger partial charge in [-0.15, -0.1) is 0 Å². The maximum atomic E-state index is 13.2. The van der Waals surface area contributed by atoms with Crippen LogP contribution in [0.5, 0.6) is 0 Å². The van der Waals surface area contributed by atoms with Gasteiger partial charge in [0.15, 0.2) is 0 Å². The van der Waals surface area contributed by atoms with Gasteiger partial charge in [-0.1, -0.05) is 56.7 Å². The van der Waals surface area contributed by atoms with Crippen molar-refractivity contribution in [3.63, 3.8) is 0 Å². The first-order valence-corrected chi connectivity index (χ1v) is 8.87. The monoisotopic (exact) mass is 336 g/mol. The van der Waals surface area contributed by atoms with Gasteiger partial charge >= 0.3 is 0 Å². The molecule has 1 heterocycles. The van der Waals surface area contributed by atoms with Crippen molar-refractivity contribution in [2.24, 2.45) is 5.92 Å². The SMILES string of the molecule is CC[C@H](C)[C@@H](NC(=O)c1ccccc1)C(=O)N1CCc2ccccc21. The molecule has 0 saturated carbocycles. The molecule has 130 valence electrons. The van der Waals surface area contributed by atoms with Crippen LogP contribution in [-0.2, 0) is 11.2 Å². The van der Waals surface area contributed by atoms with Crippen molar-refractivity contribution in [3.8, 4) is 0 Å². The molecule has 1 aliphatic heterocycles. The number of rotatable bonds is 5. The first-order valence-electron chi connectivity index (χ1n) is 8.87. The Morgan fingerprint density at radius 2 is 1.76 bits per heavy atom. The highest BCUT2D eigenvalue weighted by molar-refractivity contribution is 6.03. The van der Waals surface area contributed by atoms with Crippen LogP contribution in [0.4, 0.5) is 5.69 Å². The van der Waals surface area contributed by atoms with Crippen molar-refractivity contribution in [2.75, 3.05) is 11.4 Å². The molecule has 0 unspecified atom stereocenters. The molecular weight excluding hydrogens is 312 g/mol. The third-order valence-corrected chi connectivity index (χ3v) is 4.95. The number of carbonyl (C=O) groups excluding carboxylic acids is 2. The van der Waals surface area contributed by atoms with Crippen molar-refractivity contribution < 1.29 is 9.59 Å². The molecule has 4 heteroatoms. The Bertz CT molecular complexity index is 758. The molecule has 2 amide bonds. The first kappa shape index (κ1) is 17.2. The Balaban J connectivity index is 1.82. The Labute approximate surface area is 148 Å². The van der Waals surface area contributed by atoms with Crippen molar-refractivity contribution in [2.45, 2.75) is 32.7 Å². The van der Waals surface area contributed by atoms with Crippen LogP contribution in [0.1, 0.15) is 36.2 Å². The maximum absolute atomic E-state index is 13.2. The largest absolute Gasteiger partial charge is 0.340 e. The van der Waals surface area contributed by atoms with Crippen molar-refractivity contribution in [3.05, 3.63) is 65.7 Å². The van der Waals surface area contributed by atoms with E-state index in [0.29, 0.717) is 12.1 Å². The molecule has 0 aromatic heterocycles. The molecule has 0 spiro atoms. The summed E-state index contributed by atoms with van der Waals surface area (Å²) >= 11 is 0. The van der Waals surface area contributed by atoms with Crippen LogP contribution < -0.4 is 10.2 Å². The van der Waals surface area contributed by atoms with Gasteiger partial charge in [-0.2, -0.15) is 0 Å². The second kappa shape index (κ2) is 7.51. The molecule has 4 nitrogen and oxygen atoms in total. The topological polar surface area (TPSA) is 49.4 Å². The lowest BCUT2D eigenvalue weighted by molar-refractivity contribution is -0.121. The molecule has 0 radical (unpaired) electrons. The van der Waals surface area contributed by atoms with E-state index in [4.69, 9.17) is 0 Å². The smallest absolute Gasteiger partial charge is 0.251 e. The second-order valence-corrected chi connectivity index (χ2v) is 6.57. The quantitative estimate of drug-likeness (QED) is 0.909.